The van der Waals surface area contributed by atoms with E-state index < -0.39 is 0 Å². The summed E-state index contributed by atoms with van der Waals surface area (Å²) in [6, 6.07) is 7.87. The van der Waals surface area contributed by atoms with E-state index in [-0.39, 0.29) is 18.4 Å². The Kier molecular flexibility index (Phi) is 5.41. The summed E-state index contributed by atoms with van der Waals surface area (Å²) in [6.07, 6.45) is 6.62. The van der Waals surface area contributed by atoms with Gasteiger partial charge in [0.15, 0.2) is 12.4 Å². The van der Waals surface area contributed by atoms with E-state index in [4.69, 9.17) is 9.26 Å². The van der Waals surface area contributed by atoms with E-state index in [0.717, 1.165) is 31.6 Å². The van der Waals surface area contributed by atoms with Crippen LogP contribution in [0.4, 0.5) is 0 Å². The summed E-state index contributed by atoms with van der Waals surface area (Å²) in [7, 11) is 0. The standard InChI is InChI=1S/C21H27N3O3/c1-15-7-9-18(10-8-15)26-14-19-22-20(23-27-19)17-11-12-24(13-17)21(25)16-5-3-2-4-6-16/h7-10,16-17H,2-6,11-14H2,1H3. The van der Waals surface area contributed by atoms with E-state index in [2.05, 4.69) is 10.1 Å². The quantitative estimate of drug-likeness (QED) is 0.801. The molecule has 0 spiro atoms. The predicted molar refractivity (Wildman–Crippen MR) is 100 cm³/mol. The van der Waals surface area contributed by atoms with Gasteiger partial charge in [0.2, 0.25) is 5.91 Å². The molecule has 2 fully saturated rings. The minimum absolute atomic E-state index is 0.161. The largest absolute Gasteiger partial charge is 0.484 e. The Morgan fingerprint density at radius 2 is 1.96 bits per heavy atom. The molecule has 6 nitrogen and oxygen atoms in total. The number of carbonyl (C=O) groups excluding carboxylic acids is 1. The molecule has 2 aliphatic rings. The topological polar surface area (TPSA) is 68.5 Å². The van der Waals surface area contributed by atoms with Crippen LogP contribution in [0.25, 0.3) is 0 Å². The Hall–Kier alpha value is -2.37. The van der Waals surface area contributed by atoms with Crippen LogP contribution in [-0.4, -0.2) is 34.0 Å². The highest BCUT2D eigenvalue weighted by Gasteiger charge is 2.34. The van der Waals surface area contributed by atoms with Crippen molar-refractivity contribution in [3.63, 3.8) is 0 Å². The monoisotopic (exact) mass is 369 g/mol. The molecule has 144 valence electrons. The highest BCUT2D eigenvalue weighted by Crippen LogP contribution is 2.30. The van der Waals surface area contributed by atoms with Gasteiger partial charge in [0.1, 0.15) is 5.75 Å². The third-order valence-electron chi connectivity index (χ3n) is 5.69. The number of aromatic nitrogens is 2. The van der Waals surface area contributed by atoms with Gasteiger partial charge in [0.25, 0.3) is 5.89 Å². The molecule has 1 aromatic heterocycles. The molecular formula is C21H27N3O3. The van der Waals surface area contributed by atoms with Crippen molar-refractivity contribution in [3.8, 4) is 5.75 Å². The number of nitrogens with zero attached hydrogens (tertiary/aromatic N) is 3. The molecule has 27 heavy (non-hydrogen) atoms. The van der Waals surface area contributed by atoms with Gasteiger partial charge in [-0.25, -0.2) is 0 Å². The zero-order chi connectivity index (χ0) is 18.6. The molecule has 1 aliphatic carbocycles. The first-order chi connectivity index (χ1) is 13.2. The average Bonchev–Trinajstić information content (AvgIpc) is 3.37. The molecule has 0 bridgehead atoms. The minimum Gasteiger partial charge on any atom is -0.484 e. The van der Waals surface area contributed by atoms with Gasteiger partial charge >= 0.3 is 0 Å². The van der Waals surface area contributed by atoms with Gasteiger partial charge in [-0.2, -0.15) is 4.98 Å². The molecule has 0 N–H and O–H groups in total. The molecule has 1 atom stereocenters. The van der Waals surface area contributed by atoms with Crippen LogP contribution in [0.5, 0.6) is 5.75 Å². The number of rotatable bonds is 5. The van der Waals surface area contributed by atoms with Crippen LogP contribution in [-0.2, 0) is 11.4 Å². The van der Waals surface area contributed by atoms with Gasteiger partial charge in [0, 0.05) is 24.9 Å². The third-order valence-corrected chi connectivity index (χ3v) is 5.69. The second-order valence-corrected chi connectivity index (χ2v) is 7.75. The number of amides is 1. The normalized spacial score (nSPS) is 20.8. The van der Waals surface area contributed by atoms with Gasteiger partial charge in [0.05, 0.1) is 0 Å². The van der Waals surface area contributed by atoms with Crippen molar-refractivity contribution in [2.24, 2.45) is 5.92 Å². The summed E-state index contributed by atoms with van der Waals surface area (Å²) in [4.78, 5) is 19.2. The fourth-order valence-electron chi connectivity index (χ4n) is 4.05. The van der Waals surface area contributed by atoms with E-state index in [0.29, 0.717) is 24.2 Å². The van der Waals surface area contributed by atoms with Gasteiger partial charge in [-0.3, -0.25) is 4.79 Å². The maximum atomic E-state index is 12.7. The number of likely N-dealkylation sites (tertiary alicyclic amines) is 1. The van der Waals surface area contributed by atoms with Crippen molar-refractivity contribution in [1.82, 2.24) is 15.0 Å². The first kappa shape index (κ1) is 18.0. The van der Waals surface area contributed by atoms with Crippen molar-refractivity contribution in [2.45, 2.75) is 58.0 Å². The van der Waals surface area contributed by atoms with Gasteiger partial charge in [-0.1, -0.05) is 42.1 Å². The van der Waals surface area contributed by atoms with Crippen LogP contribution in [0.1, 0.15) is 61.7 Å². The van der Waals surface area contributed by atoms with E-state index in [9.17, 15) is 4.79 Å². The van der Waals surface area contributed by atoms with Crippen LogP contribution >= 0.6 is 0 Å². The molecular weight excluding hydrogens is 342 g/mol. The number of hydrogen-bond acceptors (Lipinski definition) is 5. The Labute approximate surface area is 159 Å². The molecule has 6 heteroatoms. The maximum Gasteiger partial charge on any atom is 0.264 e. The van der Waals surface area contributed by atoms with Crippen molar-refractivity contribution in [2.75, 3.05) is 13.1 Å². The Balaban J connectivity index is 1.30. The molecule has 1 unspecified atom stereocenters. The van der Waals surface area contributed by atoms with Crippen LogP contribution in [0.2, 0.25) is 0 Å². The second kappa shape index (κ2) is 8.11. The first-order valence-electron chi connectivity index (χ1n) is 10.00. The van der Waals surface area contributed by atoms with Crippen molar-refractivity contribution >= 4 is 5.91 Å². The third kappa shape index (κ3) is 4.31. The fourth-order valence-corrected chi connectivity index (χ4v) is 4.05. The van der Waals surface area contributed by atoms with E-state index in [1.807, 2.05) is 36.1 Å². The maximum absolute atomic E-state index is 12.7. The number of ether oxygens (including phenoxy) is 1. The molecule has 2 heterocycles. The Morgan fingerprint density at radius 3 is 2.74 bits per heavy atom. The van der Waals surface area contributed by atoms with Crippen LogP contribution < -0.4 is 4.74 Å². The number of hydrogen-bond donors (Lipinski definition) is 0. The predicted octanol–water partition coefficient (Wildman–Crippen LogP) is 3.85. The Bertz CT molecular complexity index is 765. The average molecular weight is 369 g/mol. The van der Waals surface area contributed by atoms with Crippen molar-refractivity contribution in [1.29, 1.82) is 0 Å². The van der Waals surface area contributed by atoms with Gasteiger partial charge < -0.3 is 14.2 Å². The molecule has 1 aliphatic heterocycles. The van der Waals surface area contributed by atoms with Crippen LogP contribution in [0.15, 0.2) is 28.8 Å². The number of aryl methyl sites for hydroxylation is 1. The molecule has 1 aromatic carbocycles. The highest BCUT2D eigenvalue weighted by atomic mass is 16.5. The SMILES string of the molecule is Cc1ccc(OCc2nc(C3CCN(C(=O)C4CCCCC4)C3)no2)cc1. The molecule has 0 radical (unpaired) electrons. The number of benzene rings is 1. The summed E-state index contributed by atoms with van der Waals surface area (Å²) in [6.45, 7) is 3.79. The van der Waals surface area contributed by atoms with E-state index in [1.54, 1.807) is 0 Å². The molecule has 1 saturated heterocycles. The summed E-state index contributed by atoms with van der Waals surface area (Å²) >= 11 is 0. The lowest BCUT2D eigenvalue weighted by Gasteiger charge is -2.26. The lowest BCUT2D eigenvalue weighted by Crippen LogP contribution is -2.35. The van der Waals surface area contributed by atoms with Gasteiger partial charge in [-0.05, 0) is 38.3 Å². The minimum atomic E-state index is 0.161. The highest BCUT2D eigenvalue weighted by molar-refractivity contribution is 5.79. The van der Waals surface area contributed by atoms with E-state index >= 15 is 0 Å². The summed E-state index contributed by atoms with van der Waals surface area (Å²) in [5, 5.41) is 4.13. The fraction of sp³-hybridized carbons (Fsp3) is 0.571. The lowest BCUT2D eigenvalue weighted by molar-refractivity contribution is -0.135. The zero-order valence-corrected chi connectivity index (χ0v) is 15.9. The molecule has 1 saturated carbocycles. The molecule has 4 rings (SSSR count). The van der Waals surface area contributed by atoms with E-state index in [1.165, 1.54) is 24.8 Å². The van der Waals surface area contributed by atoms with Crippen LogP contribution in [0.3, 0.4) is 0 Å². The lowest BCUT2D eigenvalue weighted by atomic mass is 9.88. The molecule has 1 amide bonds. The van der Waals surface area contributed by atoms with Crippen molar-refractivity contribution in [3.05, 3.63) is 41.5 Å². The smallest absolute Gasteiger partial charge is 0.264 e. The van der Waals surface area contributed by atoms with Crippen molar-refractivity contribution < 1.29 is 14.1 Å². The van der Waals surface area contributed by atoms with Gasteiger partial charge in [-0.15, -0.1) is 0 Å². The van der Waals surface area contributed by atoms with Crippen LogP contribution in [0, 0.1) is 12.8 Å². The first-order valence-corrected chi connectivity index (χ1v) is 10.00. The summed E-state index contributed by atoms with van der Waals surface area (Å²) < 4.78 is 11.0. The summed E-state index contributed by atoms with van der Waals surface area (Å²) in [5.74, 6) is 2.66. The Morgan fingerprint density at radius 1 is 1.19 bits per heavy atom. The molecule has 2 aromatic rings. The zero-order valence-electron chi connectivity index (χ0n) is 15.9. The summed E-state index contributed by atoms with van der Waals surface area (Å²) in [5.41, 5.74) is 1.19. The number of carbonyl (C=O) groups is 1. The second-order valence-electron chi connectivity index (χ2n) is 7.75.